The van der Waals surface area contributed by atoms with Crippen molar-refractivity contribution in [3.05, 3.63) is 60.8 Å². The van der Waals surface area contributed by atoms with Crippen LogP contribution in [-0.2, 0) is 11.3 Å². The number of rotatable bonds is 6. The Hall–Kier alpha value is -2.99. The fourth-order valence-electron chi connectivity index (χ4n) is 6.38. The molecule has 2 aromatic carbocycles. The summed E-state index contributed by atoms with van der Waals surface area (Å²) in [5.41, 5.74) is 4.41. The van der Waals surface area contributed by atoms with Gasteiger partial charge in [0, 0.05) is 24.2 Å². The maximum atomic E-state index is 13.0. The number of aromatic nitrogens is 3. The van der Waals surface area contributed by atoms with E-state index in [4.69, 9.17) is 0 Å². The summed E-state index contributed by atoms with van der Waals surface area (Å²) < 4.78 is 1.99. The molecular weight excluding hydrogens is 434 g/mol. The average molecular weight is 470 g/mol. The number of hydrogen-bond donors (Lipinski definition) is 1. The monoisotopic (exact) mass is 469 g/mol. The van der Waals surface area contributed by atoms with Crippen LogP contribution in [0.2, 0.25) is 0 Å². The van der Waals surface area contributed by atoms with Gasteiger partial charge in [-0.3, -0.25) is 14.4 Å². The average Bonchev–Trinajstić information content (AvgIpc) is 3.39. The summed E-state index contributed by atoms with van der Waals surface area (Å²) in [6.07, 6.45) is 10.4. The first kappa shape index (κ1) is 22.5. The molecule has 7 rings (SSSR count). The minimum absolute atomic E-state index is 0.149. The Bertz CT molecular complexity index is 1140. The van der Waals surface area contributed by atoms with Gasteiger partial charge in [-0.15, -0.1) is 5.10 Å². The molecule has 1 aromatic heterocycles. The molecule has 182 valence electrons. The molecule has 6 heteroatoms. The lowest BCUT2D eigenvalue weighted by atomic mass is 9.75. The van der Waals surface area contributed by atoms with E-state index in [9.17, 15) is 4.79 Å². The van der Waals surface area contributed by atoms with Crippen LogP contribution in [0.3, 0.4) is 0 Å². The van der Waals surface area contributed by atoms with Gasteiger partial charge in [0.15, 0.2) is 0 Å². The molecule has 1 saturated carbocycles. The van der Waals surface area contributed by atoms with Crippen molar-refractivity contribution in [2.24, 2.45) is 11.8 Å². The second-order valence-electron chi connectivity index (χ2n) is 10.7. The van der Waals surface area contributed by atoms with Crippen LogP contribution in [0.15, 0.2) is 60.8 Å². The number of carbonyl (C=O) groups is 1. The van der Waals surface area contributed by atoms with Gasteiger partial charge in [-0.05, 0) is 49.3 Å². The highest BCUT2D eigenvalue weighted by Crippen LogP contribution is 2.37. The van der Waals surface area contributed by atoms with E-state index < -0.39 is 0 Å². The van der Waals surface area contributed by atoms with Crippen LogP contribution in [0.4, 0.5) is 0 Å². The Morgan fingerprint density at radius 2 is 1.66 bits per heavy atom. The number of benzene rings is 2. The highest BCUT2D eigenvalue weighted by molar-refractivity contribution is 5.79. The molecule has 0 spiro atoms. The molecule has 4 fully saturated rings. The van der Waals surface area contributed by atoms with Crippen molar-refractivity contribution in [1.29, 1.82) is 0 Å². The van der Waals surface area contributed by atoms with E-state index in [1.807, 2.05) is 10.7 Å². The molecule has 6 nitrogen and oxygen atoms in total. The smallest absolute Gasteiger partial charge is 0.224 e. The normalized spacial score (nSPS) is 26.5. The van der Waals surface area contributed by atoms with Gasteiger partial charge in [-0.25, -0.2) is 0 Å². The summed E-state index contributed by atoms with van der Waals surface area (Å²) in [5, 5.41) is 12.3. The van der Waals surface area contributed by atoms with Crippen molar-refractivity contribution >= 4 is 5.91 Å². The quantitative estimate of drug-likeness (QED) is 0.565. The summed E-state index contributed by atoms with van der Waals surface area (Å²) >= 11 is 0. The Kier molecular flexibility index (Phi) is 6.38. The van der Waals surface area contributed by atoms with Crippen molar-refractivity contribution in [3.63, 3.8) is 0 Å². The van der Waals surface area contributed by atoms with Crippen LogP contribution < -0.4 is 5.32 Å². The number of carbonyl (C=O) groups excluding carboxylic acids is 1. The van der Waals surface area contributed by atoms with Gasteiger partial charge >= 0.3 is 0 Å². The van der Waals surface area contributed by atoms with Crippen molar-refractivity contribution in [3.8, 4) is 22.4 Å². The molecule has 1 aliphatic carbocycles. The lowest BCUT2D eigenvalue weighted by molar-refractivity contribution is -0.134. The SMILES string of the molecule is O=C(NC1CCCCC1)[C@H]1CN2CC[C@@H]1C[C@H]2Cn1cc(-c2ccc(-c3ccccc3)cc2)nn1. The highest BCUT2D eigenvalue weighted by Gasteiger charge is 2.43. The number of piperidine rings is 3. The number of nitrogens with one attached hydrogen (secondary N) is 1. The summed E-state index contributed by atoms with van der Waals surface area (Å²) in [7, 11) is 0. The van der Waals surface area contributed by atoms with Gasteiger partial charge in [0.25, 0.3) is 0 Å². The third-order valence-corrected chi connectivity index (χ3v) is 8.39. The van der Waals surface area contributed by atoms with Gasteiger partial charge in [-0.2, -0.15) is 0 Å². The lowest BCUT2D eigenvalue weighted by Crippen LogP contribution is -2.58. The molecule has 3 saturated heterocycles. The van der Waals surface area contributed by atoms with Crippen molar-refractivity contribution in [2.45, 2.75) is 63.6 Å². The molecule has 3 aromatic rings. The molecule has 35 heavy (non-hydrogen) atoms. The molecule has 1 N–H and O–H groups in total. The molecule has 1 unspecified atom stereocenters. The first-order valence-corrected chi connectivity index (χ1v) is 13.3. The molecule has 2 bridgehead atoms. The predicted octanol–water partition coefficient (Wildman–Crippen LogP) is 4.77. The Morgan fingerprint density at radius 3 is 2.40 bits per heavy atom. The highest BCUT2D eigenvalue weighted by atomic mass is 16.2. The molecule has 0 radical (unpaired) electrons. The molecule has 4 aliphatic rings. The second kappa shape index (κ2) is 9.94. The van der Waals surface area contributed by atoms with E-state index in [0.29, 0.717) is 23.9 Å². The Balaban J connectivity index is 1.07. The third-order valence-electron chi connectivity index (χ3n) is 8.39. The third kappa shape index (κ3) is 4.90. The van der Waals surface area contributed by atoms with Crippen molar-refractivity contribution in [1.82, 2.24) is 25.2 Å². The van der Waals surface area contributed by atoms with E-state index in [2.05, 4.69) is 75.3 Å². The van der Waals surface area contributed by atoms with Gasteiger partial charge in [0.2, 0.25) is 5.91 Å². The Labute approximate surface area is 207 Å². The summed E-state index contributed by atoms with van der Waals surface area (Å²) in [6, 6.07) is 19.8. The summed E-state index contributed by atoms with van der Waals surface area (Å²) in [4.78, 5) is 15.5. The van der Waals surface area contributed by atoms with Gasteiger partial charge in [0.05, 0.1) is 18.7 Å². The molecule has 3 aliphatic heterocycles. The van der Waals surface area contributed by atoms with Crippen LogP contribution in [0.1, 0.15) is 44.9 Å². The second-order valence-corrected chi connectivity index (χ2v) is 10.7. The minimum Gasteiger partial charge on any atom is -0.353 e. The van der Waals surface area contributed by atoms with Gasteiger partial charge in [-0.1, -0.05) is 79.1 Å². The zero-order valence-corrected chi connectivity index (χ0v) is 20.4. The maximum absolute atomic E-state index is 13.0. The van der Waals surface area contributed by atoms with E-state index in [0.717, 1.165) is 56.6 Å². The minimum atomic E-state index is 0.149. The van der Waals surface area contributed by atoms with E-state index in [1.54, 1.807) is 0 Å². The zero-order chi connectivity index (χ0) is 23.6. The zero-order valence-electron chi connectivity index (χ0n) is 20.4. The fraction of sp³-hybridized carbons (Fsp3) is 0.483. The number of amides is 1. The number of fused-ring (bicyclic) bond motifs is 3. The molecule has 4 heterocycles. The summed E-state index contributed by atoms with van der Waals surface area (Å²) in [6.45, 7) is 2.81. The van der Waals surface area contributed by atoms with Crippen molar-refractivity contribution < 1.29 is 4.79 Å². The summed E-state index contributed by atoms with van der Waals surface area (Å²) in [5.74, 6) is 0.936. The number of hydrogen-bond acceptors (Lipinski definition) is 4. The van der Waals surface area contributed by atoms with Crippen LogP contribution in [0.5, 0.6) is 0 Å². The largest absolute Gasteiger partial charge is 0.353 e. The van der Waals surface area contributed by atoms with Crippen molar-refractivity contribution in [2.75, 3.05) is 13.1 Å². The van der Waals surface area contributed by atoms with Crippen LogP contribution in [-0.4, -0.2) is 51.0 Å². The van der Waals surface area contributed by atoms with E-state index >= 15 is 0 Å². The molecule has 1 amide bonds. The van der Waals surface area contributed by atoms with E-state index in [-0.39, 0.29) is 5.92 Å². The van der Waals surface area contributed by atoms with Crippen LogP contribution in [0.25, 0.3) is 22.4 Å². The first-order valence-electron chi connectivity index (χ1n) is 13.3. The molecule has 4 atom stereocenters. The Morgan fingerprint density at radius 1 is 0.914 bits per heavy atom. The lowest BCUT2D eigenvalue weighted by Gasteiger charge is -2.49. The predicted molar refractivity (Wildman–Crippen MR) is 137 cm³/mol. The van der Waals surface area contributed by atoms with Crippen LogP contribution in [0, 0.1) is 11.8 Å². The fourth-order valence-corrected chi connectivity index (χ4v) is 6.38. The van der Waals surface area contributed by atoms with Gasteiger partial charge < -0.3 is 5.32 Å². The topological polar surface area (TPSA) is 63.1 Å². The molecular formula is C29H35N5O. The van der Waals surface area contributed by atoms with E-state index in [1.165, 1.54) is 30.4 Å². The van der Waals surface area contributed by atoms with Gasteiger partial charge in [0.1, 0.15) is 5.69 Å². The standard InChI is InChI=1S/C29H35N5O/c35-29(30-25-9-5-2-6-10-25)27-19-33-16-15-24(27)17-26(33)18-34-20-28(31-32-34)23-13-11-22(12-14-23)21-7-3-1-4-8-21/h1,3-4,7-8,11-14,20,24-27H,2,5-6,9-10,15-19H2,(H,30,35)/t24-,26+,27+/m1/s1. The maximum Gasteiger partial charge on any atom is 0.224 e. The number of nitrogens with zero attached hydrogens (tertiary/aromatic N) is 4. The first-order chi connectivity index (χ1) is 17.2. The van der Waals surface area contributed by atoms with Crippen LogP contribution >= 0.6 is 0 Å².